The van der Waals surface area contributed by atoms with Crippen molar-refractivity contribution in [3.63, 3.8) is 0 Å². The minimum absolute atomic E-state index is 0.437. The molecule has 1 aliphatic rings. The van der Waals surface area contributed by atoms with Crippen molar-refractivity contribution in [2.75, 3.05) is 51.6 Å². The predicted molar refractivity (Wildman–Crippen MR) is 115 cm³/mol. The average molecular weight is 452 g/mol. The Kier molecular flexibility index (Phi) is 5.48. The highest BCUT2D eigenvalue weighted by atomic mass is 35.5. The average Bonchev–Trinajstić information content (AvgIpc) is 3.16. The Morgan fingerprint density at radius 1 is 1.03 bits per heavy atom. The summed E-state index contributed by atoms with van der Waals surface area (Å²) in [4.78, 5) is 11.3. The van der Waals surface area contributed by atoms with E-state index in [0.717, 1.165) is 11.4 Å². The van der Waals surface area contributed by atoms with Crippen LogP contribution in [0.5, 0.6) is 11.5 Å². The van der Waals surface area contributed by atoms with Crippen molar-refractivity contribution in [1.82, 2.24) is 18.7 Å². The van der Waals surface area contributed by atoms with Gasteiger partial charge in [-0.2, -0.15) is 9.29 Å². The fourth-order valence-electron chi connectivity index (χ4n) is 3.48. The van der Waals surface area contributed by atoms with Gasteiger partial charge < -0.3 is 14.4 Å². The van der Waals surface area contributed by atoms with Gasteiger partial charge in [0.2, 0.25) is 15.8 Å². The number of methoxy groups -OCH3 is 2. The van der Waals surface area contributed by atoms with Gasteiger partial charge in [-0.15, -0.1) is 0 Å². The van der Waals surface area contributed by atoms with Crippen LogP contribution in [0.3, 0.4) is 0 Å². The number of nitrogens with zero attached hydrogens (tertiary/aromatic N) is 5. The summed E-state index contributed by atoms with van der Waals surface area (Å²) in [5, 5.41) is 0.461. The Labute approximate surface area is 179 Å². The zero-order valence-electron chi connectivity index (χ0n) is 16.9. The van der Waals surface area contributed by atoms with E-state index < -0.39 is 10.0 Å². The molecular formula is C19H22ClN5O4S. The fourth-order valence-corrected chi connectivity index (χ4v) is 4.55. The molecule has 4 rings (SSSR count). The number of sulfonamides is 1. The van der Waals surface area contributed by atoms with Crippen LogP contribution in [-0.2, 0) is 10.0 Å². The fraction of sp³-hybridized carbons (Fsp3) is 0.368. The summed E-state index contributed by atoms with van der Waals surface area (Å²) in [6.07, 6.45) is 4.97. The van der Waals surface area contributed by atoms with Gasteiger partial charge in [-0.3, -0.25) is 4.40 Å². The van der Waals surface area contributed by atoms with Crippen LogP contribution in [0.2, 0.25) is 5.02 Å². The Bertz CT molecular complexity index is 1190. The van der Waals surface area contributed by atoms with Gasteiger partial charge in [0.15, 0.2) is 0 Å². The molecule has 0 spiro atoms. The van der Waals surface area contributed by atoms with Crippen LogP contribution in [0.1, 0.15) is 0 Å². The van der Waals surface area contributed by atoms with Crippen molar-refractivity contribution in [1.29, 1.82) is 0 Å². The molecule has 1 saturated heterocycles. The lowest BCUT2D eigenvalue weighted by Gasteiger charge is -2.33. The third-order valence-electron chi connectivity index (χ3n) is 5.09. The maximum atomic E-state index is 11.7. The monoisotopic (exact) mass is 451 g/mol. The number of halogens is 1. The van der Waals surface area contributed by atoms with Gasteiger partial charge in [-0.25, -0.2) is 13.4 Å². The van der Waals surface area contributed by atoms with Crippen molar-refractivity contribution in [2.45, 2.75) is 0 Å². The molecule has 1 aliphatic heterocycles. The minimum Gasteiger partial charge on any atom is -0.496 e. The van der Waals surface area contributed by atoms with Crippen LogP contribution >= 0.6 is 11.6 Å². The highest BCUT2D eigenvalue weighted by molar-refractivity contribution is 7.88. The lowest BCUT2D eigenvalue weighted by Crippen LogP contribution is -2.48. The normalized spacial score (nSPS) is 15.5. The summed E-state index contributed by atoms with van der Waals surface area (Å²) in [7, 11) is -0.0446. The SMILES string of the molecule is COc1cc(OC)c(-c2cn3ccc(N4CCN(S(C)(=O)=O)CC4)nc3n2)cc1Cl. The van der Waals surface area contributed by atoms with Crippen LogP contribution in [0.4, 0.5) is 5.82 Å². The summed E-state index contributed by atoms with van der Waals surface area (Å²) in [6.45, 7) is 2.03. The van der Waals surface area contributed by atoms with E-state index in [4.69, 9.17) is 21.1 Å². The van der Waals surface area contributed by atoms with E-state index >= 15 is 0 Å². The molecule has 2 aromatic heterocycles. The molecule has 0 aliphatic carbocycles. The molecule has 0 atom stereocenters. The van der Waals surface area contributed by atoms with Gasteiger partial charge >= 0.3 is 0 Å². The molecule has 0 amide bonds. The second-order valence-corrected chi connectivity index (χ2v) is 9.34. The first-order chi connectivity index (χ1) is 14.3. The Morgan fingerprint density at radius 3 is 2.37 bits per heavy atom. The maximum Gasteiger partial charge on any atom is 0.236 e. The standard InChI is InChI=1S/C19H22ClN5O4S/c1-28-16-11-17(29-2)14(20)10-13(16)15-12-24-5-4-18(22-19(24)21-15)23-6-8-25(9-7-23)30(3,26)27/h4-5,10-12H,6-9H2,1-3H3. The first-order valence-corrected chi connectivity index (χ1v) is 11.5. The van der Waals surface area contributed by atoms with Gasteiger partial charge in [-0.1, -0.05) is 11.6 Å². The Morgan fingerprint density at radius 2 is 1.73 bits per heavy atom. The van der Waals surface area contributed by atoms with E-state index in [9.17, 15) is 8.42 Å². The Balaban J connectivity index is 1.63. The largest absolute Gasteiger partial charge is 0.496 e. The molecular weight excluding hydrogens is 430 g/mol. The van der Waals surface area contributed by atoms with E-state index in [1.165, 1.54) is 10.6 Å². The number of piperazine rings is 1. The van der Waals surface area contributed by atoms with Crippen molar-refractivity contribution in [3.05, 3.63) is 35.6 Å². The zero-order valence-corrected chi connectivity index (χ0v) is 18.4. The molecule has 0 N–H and O–H groups in total. The van der Waals surface area contributed by atoms with Crippen molar-refractivity contribution in [3.8, 4) is 22.8 Å². The van der Waals surface area contributed by atoms with Crippen LogP contribution in [0, 0.1) is 0 Å². The van der Waals surface area contributed by atoms with Crippen LogP contribution in [-0.4, -0.2) is 73.7 Å². The van der Waals surface area contributed by atoms with E-state index in [1.54, 1.807) is 26.4 Å². The van der Waals surface area contributed by atoms with E-state index in [2.05, 4.69) is 14.9 Å². The smallest absolute Gasteiger partial charge is 0.236 e. The van der Waals surface area contributed by atoms with Crippen LogP contribution in [0.25, 0.3) is 17.0 Å². The molecule has 30 heavy (non-hydrogen) atoms. The summed E-state index contributed by atoms with van der Waals surface area (Å²) in [5.41, 5.74) is 1.40. The maximum absolute atomic E-state index is 11.7. The first-order valence-electron chi connectivity index (χ1n) is 9.28. The van der Waals surface area contributed by atoms with Crippen molar-refractivity contribution in [2.24, 2.45) is 0 Å². The van der Waals surface area contributed by atoms with Crippen LogP contribution in [0.15, 0.2) is 30.6 Å². The Hall–Kier alpha value is -2.56. The van der Waals surface area contributed by atoms with E-state index in [-0.39, 0.29) is 0 Å². The summed E-state index contributed by atoms with van der Waals surface area (Å²) >= 11 is 6.29. The second kappa shape index (κ2) is 7.93. The number of ether oxygens (including phenoxy) is 2. The van der Waals surface area contributed by atoms with Gasteiger partial charge in [0, 0.05) is 50.2 Å². The zero-order chi connectivity index (χ0) is 21.5. The van der Waals surface area contributed by atoms with Gasteiger partial charge in [-0.05, 0) is 12.1 Å². The molecule has 11 heteroatoms. The van der Waals surface area contributed by atoms with Crippen LogP contribution < -0.4 is 14.4 Å². The molecule has 1 aromatic carbocycles. The molecule has 0 saturated carbocycles. The summed E-state index contributed by atoms with van der Waals surface area (Å²) in [6, 6.07) is 5.38. The summed E-state index contributed by atoms with van der Waals surface area (Å²) < 4.78 is 37.5. The third kappa shape index (κ3) is 3.90. The van der Waals surface area contributed by atoms with Crippen molar-refractivity contribution >= 4 is 33.2 Å². The lowest BCUT2D eigenvalue weighted by atomic mass is 10.1. The van der Waals surface area contributed by atoms with E-state index in [0.29, 0.717) is 54.2 Å². The molecule has 0 bridgehead atoms. The molecule has 0 unspecified atom stereocenters. The van der Waals surface area contributed by atoms with Gasteiger partial charge in [0.05, 0.1) is 31.2 Å². The first kappa shape index (κ1) is 20.7. The van der Waals surface area contributed by atoms with Crippen molar-refractivity contribution < 1.29 is 17.9 Å². The number of aromatic nitrogens is 3. The third-order valence-corrected chi connectivity index (χ3v) is 6.69. The topological polar surface area (TPSA) is 89.3 Å². The van der Waals surface area contributed by atoms with Gasteiger partial charge in [0.25, 0.3) is 0 Å². The number of anilines is 1. The molecule has 0 radical (unpaired) electrons. The summed E-state index contributed by atoms with van der Waals surface area (Å²) in [5.74, 6) is 2.40. The van der Waals surface area contributed by atoms with Gasteiger partial charge in [0.1, 0.15) is 17.3 Å². The molecule has 9 nitrogen and oxygen atoms in total. The highest BCUT2D eigenvalue weighted by Crippen LogP contribution is 2.38. The minimum atomic E-state index is -3.17. The number of imidazole rings is 1. The molecule has 1 fully saturated rings. The highest BCUT2D eigenvalue weighted by Gasteiger charge is 2.24. The number of hydrogen-bond acceptors (Lipinski definition) is 7. The molecule has 3 heterocycles. The molecule has 160 valence electrons. The van der Waals surface area contributed by atoms with E-state index in [1.807, 2.05) is 22.9 Å². The lowest BCUT2D eigenvalue weighted by molar-refractivity contribution is 0.387. The number of rotatable bonds is 5. The number of hydrogen-bond donors (Lipinski definition) is 0. The second-order valence-electron chi connectivity index (χ2n) is 6.96. The predicted octanol–water partition coefficient (Wildman–Crippen LogP) is 2.15. The quantitative estimate of drug-likeness (QED) is 0.587. The number of benzene rings is 1. The molecule has 3 aromatic rings. The number of fused-ring (bicyclic) bond motifs is 1.